The van der Waals surface area contributed by atoms with Gasteiger partial charge in [-0.05, 0) is 97.2 Å². The third-order valence-electron chi connectivity index (χ3n) is 10.8. The third kappa shape index (κ3) is 3.40. The van der Waals surface area contributed by atoms with E-state index < -0.39 is 0 Å². The number of aliphatic hydroxyl groups is 1. The van der Waals surface area contributed by atoms with Crippen molar-refractivity contribution in [2.24, 2.45) is 52.3 Å². The molecule has 0 amide bonds. The number of hydrogen-bond acceptors (Lipinski definition) is 1. The van der Waals surface area contributed by atoms with Gasteiger partial charge in [-0.25, -0.2) is 0 Å². The molecule has 4 aliphatic rings. The maximum Gasteiger partial charge on any atom is 0.0579 e. The number of fused-ring (bicyclic) bond motifs is 5. The molecule has 4 aliphatic carbocycles. The molecule has 1 nitrogen and oxygen atoms in total. The van der Waals surface area contributed by atoms with Crippen LogP contribution in [-0.2, 0) is 0 Å². The summed E-state index contributed by atoms with van der Waals surface area (Å²) >= 11 is 0. The smallest absolute Gasteiger partial charge is 0.0579 e. The maximum absolute atomic E-state index is 11.3. The molecule has 28 heavy (non-hydrogen) atoms. The Labute approximate surface area is 175 Å². The van der Waals surface area contributed by atoms with Crippen molar-refractivity contribution in [2.45, 2.75) is 118 Å². The molecule has 0 aromatic rings. The Kier molecular flexibility index (Phi) is 5.98. The van der Waals surface area contributed by atoms with Gasteiger partial charge in [-0.2, -0.15) is 0 Å². The van der Waals surface area contributed by atoms with Crippen molar-refractivity contribution in [1.82, 2.24) is 0 Å². The summed E-state index contributed by atoms with van der Waals surface area (Å²) in [6, 6.07) is 0. The lowest BCUT2D eigenvalue weighted by atomic mass is 9.44. The van der Waals surface area contributed by atoms with Crippen molar-refractivity contribution in [3.63, 3.8) is 0 Å². The average Bonchev–Trinajstić information content (AvgIpc) is 2.92. The van der Waals surface area contributed by atoms with Crippen LogP contribution in [0.25, 0.3) is 0 Å². The van der Waals surface area contributed by atoms with Crippen molar-refractivity contribution in [1.29, 1.82) is 0 Å². The molecule has 1 N–H and O–H groups in total. The molecule has 0 spiro atoms. The molecule has 0 saturated heterocycles. The average molecular weight is 389 g/mol. The van der Waals surface area contributed by atoms with E-state index in [4.69, 9.17) is 0 Å². The summed E-state index contributed by atoms with van der Waals surface area (Å²) < 4.78 is 0. The van der Waals surface area contributed by atoms with Crippen LogP contribution < -0.4 is 0 Å². The second kappa shape index (κ2) is 7.90. The molecule has 0 aliphatic heterocycles. The van der Waals surface area contributed by atoms with E-state index in [1.165, 1.54) is 70.6 Å². The zero-order valence-electron chi connectivity index (χ0n) is 19.6. The molecular weight excluding hydrogens is 340 g/mol. The van der Waals surface area contributed by atoms with E-state index in [-0.39, 0.29) is 6.10 Å². The van der Waals surface area contributed by atoms with Gasteiger partial charge in [0, 0.05) is 0 Å². The van der Waals surface area contributed by atoms with E-state index in [0.717, 1.165) is 41.9 Å². The van der Waals surface area contributed by atoms with E-state index in [0.29, 0.717) is 16.7 Å². The monoisotopic (exact) mass is 388 g/mol. The summed E-state index contributed by atoms with van der Waals surface area (Å²) in [7, 11) is 0. The first kappa shape index (κ1) is 21.2. The van der Waals surface area contributed by atoms with E-state index in [9.17, 15) is 5.11 Å². The van der Waals surface area contributed by atoms with Crippen molar-refractivity contribution < 1.29 is 5.11 Å². The van der Waals surface area contributed by atoms with Crippen LogP contribution in [0.15, 0.2) is 0 Å². The second-order valence-corrected chi connectivity index (χ2v) is 12.6. The van der Waals surface area contributed by atoms with Crippen LogP contribution in [0.5, 0.6) is 0 Å². The molecule has 162 valence electrons. The van der Waals surface area contributed by atoms with Gasteiger partial charge in [0.15, 0.2) is 0 Å². The minimum absolute atomic E-state index is 0.0286. The molecule has 9 atom stereocenters. The van der Waals surface area contributed by atoms with Gasteiger partial charge in [0.1, 0.15) is 0 Å². The van der Waals surface area contributed by atoms with Crippen LogP contribution in [-0.4, -0.2) is 11.2 Å². The highest BCUT2D eigenvalue weighted by atomic mass is 16.3. The molecule has 4 saturated carbocycles. The van der Waals surface area contributed by atoms with Crippen LogP contribution in [0, 0.1) is 52.3 Å². The van der Waals surface area contributed by atoms with Crippen molar-refractivity contribution in [3.8, 4) is 0 Å². The van der Waals surface area contributed by atoms with E-state index >= 15 is 0 Å². The SMILES string of the molecule is CC(C)CCC[C@@H](C)[C@H]1C[C@@H](O)[C@H]2[C@@H]3CCC4CCCC[C@]4(C)[C@H]3CC[C@@]21C. The van der Waals surface area contributed by atoms with Gasteiger partial charge in [-0.1, -0.05) is 66.7 Å². The molecule has 4 fully saturated rings. The minimum atomic E-state index is -0.0286. The maximum atomic E-state index is 11.3. The predicted octanol–water partition coefficient (Wildman–Crippen LogP) is 7.47. The van der Waals surface area contributed by atoms with Crippen molar-refractivity contribution >= 4 is 0 Å². The first-order chi connectivity index (χ1) is 13.3. The molecule has 0 radical (unpaired) electrons. The lowest BCUT2D eigenvalue weighted by Gasteiger charge is -2.61. The molecule has 0 heterocycles. The number of hydrogen-bond donors (Lipinski definition) is 1. The lowest BCUT2D eigenvalue weighted by Crippen LogP contribution is -2.54. The largest absolute Gasteiger partial charge is 0.393 e. The van der Waals surface area contributed by atoms with Gasteiger partial charge in [-0.3, -0.25) is 0 Å². The van der Waals surface area contributed by atoms with Crippen LogP contribution in [0.4, 0.5) is 0 Å². The van der Waals surface area contributed by atoms with Gasteiger partial charge in [0.05, 0.1) is 6.10 Å². The highest BCUT2D eigenvalue weighted by Crippen LogP contribution is 2.68. The van der Waals surface area contributed by atoms with Crippen LogP contribution >= 0.6 is 0 Å². The van der Waals surface area contributed by atoms with Crippen LogP contribution in [0.3, 0.4) is 0 Å². The Morgan fingerprint density at radius 3 is 2.43 bits per heavy atom. The first-order valence-electron chi connectivity index (χ1n) is 13.0. The van der Waals surface area contributed by atoms with Crippen LogP contribution in [0.1, 0.15) is 112 Å². The third-order valence-corrected chi connectivity index (χ3v) is 10.8. The molecule has 0 aromatic heterocycles. The highest BCUT2D eigenvalue weighted by Gasteiger charge is 2.62. The Balaban J connectivity index is 1.51. The zero-order valence-corrected chi connectivity index (χ0v) is 19.6. The quantitative estimate of drug-likeness (QED) is 0.518. The molecule has 0 bridgehead atoms. The normalized spacial score (nSPS) is 49.4. The van der Waals surface area contributed by atoms with E-state index in [1.54, 1.807) is 0 Å². The summed E-state index contributed by atoms with van der Waals surface area (Å²) in [6.45, 7) is 12.5. The van der Waals surface area contributed by atoms with Gasteiger partial charge in [0.2, 0.25) is 0 Å². The summed E-state index contributed by atoms with van der Waals surface area (Å²) in [4.78, 5) is 0. The first-order valence-corrected chi connectivity index (χ1v) is 13.0. The predicted molar refractivity (Wildman–Crippen MR) is 119 cm³/mol. The molecule has 1 unspecified atom stereocenters. The van der Waals surface area contributed by atoms with E-state index in [1.807, 2.05) is 0 Å². The Bertz CT molecular complexity index is 540. The number of aliphatic hydroxyl groups excluding tert-OH is 1. The Morgan fingerprint density at radius 2 is 1.68 bits per heavy atom. The van der Waals surface area contributed by atoms with Gasteiger partial charge in [0.25, 0.3) is 0 Å². The standard InChI is InChI=1S/C27H48O/c1-18(2)9-8-10-19(3)23-17-24(28)25-21-13-12-20-11-6-7-15-26(20,4)22(21)14-16-27(23,25)5/h18-25,28H,6-17H2,1-5H3/t19-,20?,21-,22+,23-,24-,25-,26+,27-/m1/s1. The number of rotatable bonds is 5. The summed E-state index contributed by atoms with van der Waals surface area (Å²) in [6.07, 6.45) is 16.7. The zero-order chi connectivity index (χ0) is 20.1. The summed E-state index contributed by atoms with van der Waals surface area (Å²) in [5, 5.41) is 11.3. The summed E-state index contributed by atoms with van der Waals surface area (Å²) in [5.41, 5.74) is 0.985. The van der Waals surface area contributed by atoms with E-state index in [2.05, 4.69) is 34.6 Å². The Hall–Kier alpha value is -0.0400. The molecular formula is C27H48O. The molecule has 4 rings (SSSR count). The van der Waals surface area contributed by atoms with Gasteiger partial charge >= 0.3 is 0 Å². The van der Waals surface area contributed by atoms with Crippen molar-refractivity contribution in [3.05, 3.63) is 0 Å². The van der Waals surface area contributed by atoms with Crippen LogP contribution in [0.2, 0.25) is 0 Å². The fourth-order valence-corrected chi connectivity index (χ4v) is 9.34. The highest BCUT2D eigenvalue weighted by molar-refractivity contribution is 5.11. The molecule has 1 heteroatoms. The van der Waals surface area contributed by atoms with Crippen molar-refractivity contribution in [2.75, 3.05) is 0 Å². The summed E-state index contributed by atoms with van der Waals surface area (Å²) in [5.74, 6) is 5.63. The lowest BCUT2D eigenvalue weighted by molar-refractivity contribution is -0.130. The minimum Gasteiger partial charge on any atom is -0.393 e. The van der Waals surface area contributed by atoms with Gasteiger partial charge < -0.3 is 5.11 Å². The van der Waals surface area contributed by atoms with Gasteiger partial charge in [-0.15, -0.1) is 0 Å². The fourth-order valence-electron chi connectivity index (χ4n) is 9.34. The fraction of sp³-hybridized carbons (Fsp3) is 1.00. The Morgan fingerprint density at radius 1 is 0.893 bits per heavy atom. The molecule has 0 aromatic carbocycles. The second-order valence-electron chi connectivity index (χ2n) is 12.6. The topological polar surface area (TPSA) is 20.2 Å².